The molecule has 0 saturated heterocycles. The third-order valence-electron chi connectivity index (χ3n) is 2.79. The normalized spacial score (nSPS) is 12.6. The molecule has 1 aromatic heterocycles. The lowest BCUT2D eigenvalue weighted by Crippen LogP contribution is -2.21. The van der Waals surface area contributed by atoms with Crippen LogP contribution in [0.25, 0.3) is 5.69 Å². The quantitative estimate of drug-likeness (QED) is 0.911. The zero-order valence-corrected chi connectivity index (χ0v) is 11.9. The number of halogens is 2. The van der Waals surface area contributed by atoms with Crippen LogP contribution in [-0.2, 0) is 0 Å². The van der Waals surface area contributed by atoms with Gasteiger partial charge < -0.3 is 5.73 Å². The first-order chi connectivity index (χ1) is 9.04. The number of hydrogen-bond acceptors (Lipinski definition) is 3. The number of H-pyrrole nitrogens is 1. The summed E-state index contributed by atoms with van der Waals surface area (Å²) in [5.74, 6) is 0.491. The molecule has 1 atom stereocenters. The predicted molar refractivity (Wildman–Crippen MR) is 76.0 cm³/mol. The molecule has 0 aliphatic heterocycles. The van der Waals surface area contributed by atoms with Crippen LogP contribution in [0, 0.1) is 0 Å². The smallest absolute Gasteiger partial charge is 0.321 e. The van der Waals surface area contributed by atoms with Gasteiger partial charge in [0.05, 0.1) is 21.8 Å². The number of nitrogens with two attached hydrogens (primary N) is 1. The fourth-order valence-electron chi connectivity index (χ4n) is 1.87. The van der Waals surface area contributed by atoms with Crippen LogP contribution >= 0.6 is 23.2 Å². The average molecular weight is 301 g/mol. The lowest BCUT2D eigenvalue weighted by molar-refractivity contribution is 0.589. The van der Waals surface area contributed by atoms with Crippen molar-refractivity contribution in [1.82, 2.24) is 14.8 Å². The molecule has 0 aliphatic rings. The summed E-state index contributed by atoms with van der Waals surface area (Å²) in [6.07, 6.45) is 1.65. The number of nitrogens with zero attached hydrogens (tertiary/aromatic N) is 2. The first kappa shape index (κ1) is 14.1. The van der Waals surface area contributed by atoms with Gasteiger partial charge in [0.25, 0.3) is 0 Å². The first-order valence-electron chi connectivity index (χ1n) is 5.93. The molecule has 0 bridgehead atoms. The molecule has 7 heteroatoms. The Balaban J connectivity index is 2.52. The summed E-state index contributed by atoms with van der Waals surface area (Å²) in [6, 6.07) is 4.64. The van der Waals surface area contributed by atoms with E-state index < -0.39 is 0 Å². The lowest BCUT2D eigenvalue weighted by atomic mass is 10.1. The summed E-state index contributed by atoms with van der Waals surface area (Å²) < 4.78 is 1.42. The van der Waals surface area contributed by atoms with E-state index in [2.05, 4.69) is 10.2 Å². The Hall–Kier alpha value is -1.30. The first-order valence-corrected chi connectivity index (χ1v) is 6.68. The highest BCUT2D eigenvalue weighted by Gasteiger charge is 2.17. The average Bonchev–Trinajstić information content (AvgIpc) is 2.75. The van der Waals surface area contributed by atoms with Gasteiger partial charge in [-0.25, -0.2) is 14.5 Å². The molecule has 0 radical (unpaired) electrons. The Morgan fingerprint density at radius 3 is 2.79 bits per heavy atom. The maximum atomic E-state index is 11.9. The number of nitrogens with one attached hydrogen (secondary N) is 1. The summed E-state index contributed by atoms with van der Waals surface area (Å²) >= 11 is 11.8. The Kier molecular flexibility index (Phi) is 4.29. The van der Waals surface area contributed by atoms with Gasteiger partial charge in [-0.3, -0.25) is 0 Å². The lowest BCUT2D eigenvalue weighted by Gasteiger charge is -2.12. The molecular weight excluding hydrogens is 287 g/mol. The van der Waals surface area contributed by atoms with Crippen molar-refractivity contribution in [3.8, 4) is 5.69 Å². The van der Waals surface area contributed by atoms with Crippen molar-refractivity contribution in [2.45, 2.75) is 25.8 Å². The van der Waals surface area contributed by atoms with Crippen LogP contribution in [0.4, 0.5) is 0 Å². The molecule has 0 aliphatic carbocycles. The van der Waals surface area contributed by atoms with Gasteiger partial charge >= 0.3 is 5.69 Å². The second kappa shape index (κ2) is 5.77. The van der Waals surface area contributed by atoms with E-state index in [4.69, 9.17) is 28.9 Å². The van der Waals surface area contributed by atoms with E-state index in [9.17, 15) is 4.79 Å². The third kappa shape index (κ3) is 2.83. The standard InChI is InChI=1S/C12H14Cl2N4O/c1-2-3-10(15)11-16-17-12(19)18(11)7-4-5-8(13)9(14)6-7/h4-6,10H,2-3,15H2,1H3,(H,17,19). The fraction of sp³-hybridized carbons (Fsp3) is 0.333. The van der Waals surface area contributed by atoms with Gasteiger partial charge in [-0.05, 0) is 24.6 Å². The molecule has 0 saturated carbocycles. The summed E-state index contributed by atoms with van der Waals surface area (Å²) in [7, 11) is 0. The van der Waals surface area contributed by atoms with E-state index in [1.54, 1.807) is 18.2 Å². The highest BCUT2D eigenvalue weighted by molar-refractivity contribution is 6.42. The molecule has 1 aromatic carbocycles. The zero-order chi connectivity index (χ0) is 14.0. The van der Waals surface area contributed by atoms with Gasteiger partial charge in [0.1, 0.15) is 0 Å². The van der Waals surface area contributed by atoms with Gasteiger partial charge in [-0.15, -0.1) is 0 Å². The van der Waals surface area contributed by atoms with Crippen molar-refractivity contribution < 1.29 is 0 Å². The molecule has 1 unspecified atom stereocenters. The number of aromatic nitrogens is 3. The minimum Gasteiger partial charge on any atom is -0.321 e. The summed E-state index contributed by atoms with van der Waals surface area (Å²) in [5.41, 5.74) is 6.27. The minimum absolute atomic E-state index is 0.307. The van der Waals surface area contributed by atoms with Gasteiger partial charge in [0.15, 0.2) is 5.82 Å². The molecule has 0 spiro atoms. The van der Waals surface area contributed by atoms with Gasteiger partial charge in [-0.1, -0.05) is 36.5 Å². The highest BCUT2D eigenvalue weighted by Crippen LogP contribution is 2.25. The van der Waals surface area contributed by atoms with Crippen LogP contribution in [0.3, 0.4) is 0 Å². The summed E-state index contributed by atoms with van der Waals surface area (Å²) in [4.78, 5) is 11.9. The zero-order valence-electron chi connectivity index (χ0n) is 10.4. The van der Waals surface area contributed by atoms with Crippen LogP contribution in [0.5, 0.6) is 0 Å². The van der Waals surface area contributed by atoms with Crippen molar-refractivity contribution >= 4 is 23.2 Å². The Bertz CT molecular complexity index is 635. The maximum absolute atomic E-state index is 11.9. The van der Waals surface area contributed by atoms with Crippen LogP contribution in [0.2, 0.25) is 10.0 Å². The molecule has 3 N–H and O–H groups in total. The van der Waals surface area contributed by atoms with Crippen LogP contribution in [0.1, 0.15) is 31.6 Å². The van der Waals surface area contributed by atoms with Crippen LogP contribution in [-0.4, -0.2) is 14.8 Å². The molecule has 1 heterocycles. The van der Waals surface area contributed by atoms with E-state index >= 15 is 0 Å². The van der Waals surface area contributed by atoms with E-state index in [1.165, 1.54) is 4.57 Å². The van der Waals surface area contributed by atoms with Gasteiger partial charge in [0, 0.05) is 0 Å². The van der Waals surface area contributed by atoms with Crippen molar-refractivity contribution in [1.29, 1.82) is 0 Å². The highest BCUT2D eigenvalue weighted by atomic mass is 35.5. The van der Waals surface area contributed by atoms with E-state index in [0.29, 0.717) is 21.6 Å². The Labute approximate surface area is 120 Å². The topological polar surface area (TPSA) is 76.7 Å². The molecule has 5 nitrogen and oxygen atoms in total. The molecule has 0 amide bonds. The Morgan fingerprint density at radius 2 is 2.16 bits per heavy atom. The number of rotatable bonds is 4. The number of hydrogen-bond donors (Lipinski definition) is 2. The second-order valence-electron chi connectivity index (χ2n) is 4.22. The minimum atomic E-state index is -0.347. The van der Waals surface area contributed by atoms with Gasteiger partial charge in [0.2, 0.25) is 0 Å². The van der Waals surface area contributed by atoms with E-state index in [-0.39, 0.29) is 11.7 Å². The Morgan fingerprint density at radius 1 is 1.42 bits per heavy atom. The molecule has 0 fully saturated rings. The fourth-order valence-corrected chi connectivity index (χ4v) is 2.16. The SMILES string of the molecule is CCCC(N)c1n[nH]c(=O)n1-c1ccc(Cl)c(Cl)c1. The number of benzene rings is 1. The van der Waals surface area contributed by atoms with E-state index in [1.807, 2.05) is 6.92 Å². The van der Waals surface area contributed by atoms with Crippen LogP contribution in [0.15, 0.2) is 23.0 Å². The van der Waals surface area contributed by atoms with Crippen molar-refractivity contribution in [2.24, 2.45) is 5.73 Å². The summed E-state index contributed by atoms with van der Waals surface area (Å²) in [6.45, 7) is 2.02. The monoisotopic (exact) mass is 300 g/mol. The molecule has 102 valence electrons. The predicted octanol–water partition coefficient (Wildman–Crippen LogP) is 2.67. The molecule has 2 aromatic rings. The van der Waals surface area contributed by atoms with E-state index in [0.717, 1.165) is 12.8 Å². The van der Waals surface area contributed by atoms with Crippen molar-refractivity contribution in [3.63, 3.8) is 0 Å². The van der Waals surface area contributed by atoms with Crippen LogP contribution < -0.4 is 11.4 Å². The molecule has 19 heavy (non-hydrogen) atoms. The summed E-state index contributed by atoms with van der Waals surface area (Å²) in [5, 5.41) is 7.21. The number of aromatic amines is 1. The third-order valence-corrected chi connectivity index (χ3v) is 3.53. The maximum Gasteiger partial charge on any atom is 0.347 e. The molecule has 2 rings (SSSR count). The second-order valence-corrected chi connectivity index (χ2v) is 5.03. The van der Waals surface area contributed by atoms with Gasteiger partial charge in [-0.2, -0.15) is 5.10 Å². The van der Waals surface area contributed by atoms with Crippen molar-refractivity contribution in [2.75, 3.05) is 0 Å². The molecular formula is C12H14Cl2N4O. The largest absolute Gasteiger partial charge is 0.347 e. The van der Waals surface area contributed by atoms with Crippen molar-refractivity contribution in [3.05, 3.63) is 44.6 Å².